The lowest BCUT2D eigenvalue weighted by molar-refractivity contribution is 0.411. The Morgan fingerprint density at radius 1 is 1.13 bits per heavy atom. The summed E-state index contributed by atoms with van der Waals surface area (Å²) in [4.78, 5) is 4.86. The van der Waals surface area contributed by atoms with Crippen LogP contribution in [0.15, 0.2) is 52.4 Å². The summed E-state index contributed by atoms with van der Waals surface area (Å²) in [7, 11) is 1.21. The molecule has 0 bridgehead atoms. The molecule has 0 unspecified atom stereocenters. The predicted molar refractivity (Wildman–Crippen MR) is 122 cm³/mol. The lowest BCUT2D eigenvalue weighted by atomic mass is 10.1. The van der Waals surface area contributed by atoms with Crippen LogP contribution in [0.4, 0.5) is 0 Å². The summed E-state index contributed by atoms with van der Waals surface area (Å²) >= 11 is 0. The largest absolute Gasteiger partial charge is 0.496 e. The van der Waals surface area contributed by atoms with Crippen LogP contribution in [-0.2, 0) is 23.0 Å². The number of rotatable bonds is 9. The number of benzene rings is 2. The third kappa shape index (κ3) is 6.21. The quantitative estimate of drug-likeness (QED) is 0.470. The molecule has 8 heteroatoms. The van der Waals surface area contributed by atoms with Gasteiger partial charge >= 0.3 is 0 Å². The average molecular weight is 433 g/mol. The van der Waals surface area contributed by atoms with Crippen molar-refractivity contribution in [2.24, 2.45) is 4.99 Å². The molecule has 0 spiro atoms. The SMILES string of the molecule is CCNC(=NCc1ccccc1S(=O)(=O)N(C)C)NCCc1ccc(C)c(OC)c1. The summed E-state index contributed by atoms with van der Waals surface area (Å²) in [6.07, 6.45) is 0.812. The van der Waals surface area contributed by atoms with Crippen molar-refractivity contribution in [3.05, 3.63) is 59.2 Å². The van der Waals surface area contributed by atoms with E-state index in [1.807, 2.05) is 26.0 Å². The zero-order valence-electron chi connectivity index (χ0n) is 18.4. The van der Waals surface area contributed by atoms with E-state index in [0.29, 0.717) is 24.6 Å². The van der Waals surface area contributed by atoms with Crippen LogP contribution < -0.4 is 15.4 Å². The molecule has 2 aromatic carbocycles. The van der Waals surface area contributed by atoms with Gasteiger partial charge in [0.25, 0.3) is 0 Å². The van der Waals surface area contributed by atoms with E-state index in [9.17, 15) is 8.42 Å². The van der Waals surface area contributed by atoms with Crippen LogP contribution in [0.1, 0.15) is 23.6 Å². The van der Waals surface area contributed by atoms with Crippen molar-refractivity contribution in [3.8, 4) is 5.75 Å². The highest BCUT2D eigenvalue weighted by Gasteiger charge is 2.20. The molecule has 30 heavy (non-hydrogen) atoms. The first-order valence-electron chi connectivity index (χ1n) is 9.95. The maximum atomic E-state index is 12.6. The number of aliphatic imine (C=N–C) groups is 1. The minimum atomic E-state index is -3.52. The van der Waals surface area contributed by atoms with E-state index in [1.165, 1.54) is 24.0 Å². The first-order valence-corrected chi connectivity index (χ1v) is 11.4. The Balaban J connectivity index is 2.09. The van der Waals surface area contributed by atoms with Crippen molar-refractivity contribution in [1.82, 2.24) is 14.9 Å². The van der Waals surface area contributed by atoms with Crippen molar-refractivity contribution < 1.29 is 13.2 Å². The Bertz CT molecular complexity index is 972. The Labute approximate surface area is 180 Å². The standard InChI is InChI=1S/C22H32N4O3S/c1-6-23-22(24-14-13-18-12-11-17(2)20(15-18)29-5)25-16-19-9-7-8-10-21(19)30(27,28)26(3)4/h7-12,15H,6,13-14,16H2,1-5H3,(H2,23,24,25). The van der Waals surface area contributed by atoms with Crippen molar-refractivity contribution in [3.63, 3.8) is 0 Å². The molecule has 0 aliphatic carbocycles. The van der Waals surface area contributed by atoms with Gasteiger partial charge in [0.2, 0.25) is 10.0 Å². The molecule has 0 aliphatic heterocycles. The highest BCUT2D eigenvalue weighted by atomic mass is 32.2. The van der Waals surface area contributed by atoms with Gasteiger partial charge in [0, 0.05) is 27.2 Å². The minimum Gasteiger partial charge on any atom is -0.496 e. The Morgan fingerprint density at radius 3 is 2.53 bits per heavy atom. The highest BCUT2D eigenvalue weighted by molar-refractivity contribution is 7.89. The Morgan fingerprint density at radius 2 is 1.87 bits per heavy atom. The van der Waals surface area contributed by atoms with Gasteiger partial charge in [-0.05, 0) is 49.1 Å². The predicted octanol–water partition coefficient (Wildman–Crippen LogP) is 2.55. The molecule has 2 aromatic rings. The van der Waals surface area contributed by atoms with Gasteiger partial charge in [0.1, 0.15) is 5.75 Å². The maximum absolute atomic E-state index is 12.6. The number of methoxy groups -OCH3 is 1. The third-order valence-corrected chi connectivity index (χ3v) is 6.58. The van der Waals surface area contributed by atoms with Gasteiger partial charge in [-0.1, -0.05) is 30.3 Å². The maximum Gasteiger partial charge on any atom is 0.242 e. The summed E-state index contributed by atoms with van der Waals surface area (Å²) in [6, 6.07) is 13.1. The van der Waals surface area contributed by atoms with Gasteiger partial charge in [-0.25, -0.2) is 17.7 Å². The first-order chi connectivity index (χ1) is 14.3. The van der Waals surface area contributed by atoms with Crippen molar-refractivity contribution in [2.45, 2.75) is 31.7 Å². The number of nitrogens with one attached hydrogen (secondary N) is 2. The zero-order valence-corrected chi connectivity index (χ0v) is 19.2. The van der Waals surface area contributed by atoms with E-state index in [1.54, 1.807) is 25.3 Å². The van der Waals surface area contributed by atoms with Gasteiger partial charge in [0.05, 0.1) is 18.6 Å². The molecule has 0 atom stereocenters. The molecule has 0 aliphatic rings. The van der Waals surface area contributed by atoms with Crippen LogP contribution in [-0.4, -0.2) is 53.0 Å². The molecule has 0 saturated carbocycles. The molecule has 0 amide bonds. The highest BCUT2D eigenvalue weighted by Crippen LogP contribution is 2.20. The van der Waals surface area contributed by atoms with Gasteiger partial charge in [-0.2, -0.15) is 0 Å². The number of sulfonamides is 1. The molecule has 0 radical (unpaired) electrons. The number of nitrogens with zero attached hydrogens (tertiary/aromatic N) is 2. The molecular weight excluding hydrogens is 400 g/mol. The summed E-state index contributed by atoms with van der Waals surface area (Å²) in [5.41, 5.74) is 2.94. The number of ether oxygens (including phenoxy) is 1. The summed E-state index contributed by atoms with van der Waals surface area (Å²) in [5, 5.41) is 6.52. The smallest absolute Gasteiger partial charge is 0.242 e. The van der Waals surface area contributed by atoms with E-state index >= 15 is 0 Å². The first kappa shape index (κ1) is 23.7. The van der Waals surface area contributed by atoms with E-state index < -0.39 is 10.0 Å². The number of hydrogen-bond acceptors (Lipinski definition) is 4. The lowest BCUT2D eigenvalue weighted by Gasteiger charge is -2.15. The molecule has 164 valence electrons. The summed E-state index contributed by atoms with van der Waals surface area (Å²) in [6.45, 7) is 5.67. The Hall–Kier alpha value is -2.58. The van der Waals surface area contributed by atoms with Crippen molar-refractivity contribution in [2.75, 3.05) is 34.3 Å². The third-order valence-electron chi connectivity index (χ3n) is 4.66. The second-order valence-electron chi connectivity index (χ2n) is 7.07. The molecule has 2 rings (SSSR count). The van der Waals surface area contributed by atoms with Crippen LogP contribution in [0.2, 0.25) is 0 Å². The number of hydrogen-bond donors (Lipinski definition) is 2. The molecule has 2 N–H and O–H groups in total. The van der Waals surface area contributed by atoms with Gasteiger partial charge < -0.3 is 15.4 Å². The molecule has 0 fully saturated rings. The molecular formula is C22H32N4O3S. The zero-order chi connectivity index (χ0) is 22.1. The number of aryl methyl sites for hydroxylation is 1. The normalized spacial score (nSPS) is 12.1. The van der Waals surface area contributed by atoms with Crippen LogP contribution >= 0.6 is 0 Å². The summed E-state index contributed by atoms with van der Waals surface area (Å²) < 4.78 is 31.7. The average Bonchev–Trinajstić information content (AvgIpc) is 2.73. The molecule has 0 heterocycles. The van der Waals surface area contributed by atoms with Crippen LogP contribution in [0.25, 0.3) is 0 Å². The molecule has 0 aromatic heterocycles. The fraction of sp³-hybridized carbons (Fsp3) is 0.409. The van der Waals surface area contributed by atoms with E-state index in [-0.39, 0.29) is 11.4 Å². The van der Waals surface area contributed by atoms with Crippen LogP contribution in [0.5, 0.6) is 5.75 Å². The fourth-order valence-corrected chi connectivity index (χ4v) is 4.04. The summed E-state index contributed by atoms with van der Waals surface area (Å²) in [5.74, 6) is 1.53. The minimum absolute atomic E-state index is 0.261. The van der Waals surface area contributed by atoms with E-state index in [0.717, 1.165) is 17.7 Å². The second kappa shape index (κ2) is 11.0. The molecule has 7 nitrogen and oxygen atoms in total. The second-order valence-corrected chi connectivity index (χ2v) is 9.19. The monoisotopic (exact) mass is 432 g/mol. The lowest BCUT2D eigenvalue weighted by Crippen LogP contribution is -2.38. The van der Waals surface area contributed by atoms with E-state index in [4.69, 9.17) is 4.74 Å². The number of guanidine groups is 1. The van der Waals surface area contributed by atoms with Gasteiger partial charge in [-0.3, -0.25) is 0 Å². The van der Waals surface area contributed by atoms with Crippen molar-refractivity contribution >= 4 is 16.0 Å². The van der Waals surface area contributed by atoms with Crippen LogP contribution in [0, 0.1) is 6.92 Å². The van der Waals surface area contributed by atoms with Gasteiger partial charge in [0.15, 0.2) is 5.96 Å². The van der Waals surface area contributed by atoms with Crippen molar-refractivity contribution in [1.29, 1.82) is 0 Å². The van der Waals surface area contributed by atoms with Crippen LogP contribution in [0.3, 0.4) is 0 Å². The topological polar surface area (TPSA) is 83.0 Å². The van der Waals surface area contributed by atoms with Gasteiger partial charge in [-0.15, -0.1) is 0 Å². The van der Waals surface area contributed by atoms with E-state index in [2.05, 4.69) is 27.8 Å². The molecule has 0 saturated heterocycles. The fourth-order valence-electron chi connectivity index (χ4n) is 2.93. The Kier molecular flexibility index (Phi) is 8.68.